The average molecular weight is 311 g/mol. The fourth-order valence-electron chi connectivity index (χ4n) is 3.27. The molecule has 1 aromatic heterocycles. The summed E-state index contributed by atoms with van der Waals surface area (Å²) in [6.07, 6.45) is 4.88. The Morgan fingerprint density at radius 3 is 2.96 bits per heavy atom. The van der Waals surface area contributed by atoms with Crippen molar-refractivity contribution in [3.8, 4) is 0 Å². The normalized spacial score (nSPS) is 26.7. The average Bonchev–Trinajstić information content (AvgIpc) is 3.19. The zero-order chi connectivity index (χ0) is 15.6. The molecule has 0 spiro atoms. The molecule has 3 atom stereocenters. The van der Waals surface area contributed by atoms with Crippen LogP contribution in [0.5, 0.6) is 0 Å². The van der Waals surface area contributed by atoms with Gasteiger partial charge < -0.3 is 10.6 Å². The molecule has 2 heterocycles. The molecule has 1 aliphatic carbocycles. The third kappa shape index (κ3) is 3.12. The molecule has 2 aromatic rings. The summed E-state index contributed by atoms with van der Waals surface area (Å²) in [6, 6.07) is 10.8. The third-order valence-electron chi connectivity index (χ3n) is 4.69. The van der Waals surface area contributed by atoms with Gasteiger partial charge in [0, 0.05) is 18.5 Å². The predicted octanol–water partition coefficient (Wildman–Crippen LogP) is 1.49. The number of carbonyl (C=O) groups is 1. The molecule has 6 nitrogen and oxygen atoms in total. The van der Waals surface area contributed by atoms with Crippen molar-refractivity contribution in [2.75, 3.05) is 13.1 Å². The number of rotatable bonds is 4. The minimum Gasteiger partial charge on any atom is -0.346 e. The van der Waals surface area contributed by atoms with E-state index in [-0.39, 0.29) is 17.8 Å². The van der Waals surface area contributed by atoms with E-state index in [0.717, 1.165) is 32.4 Å². The monoisotopic (exact) mass is 311 g/mol. The van der Waals surface area contributed by atoms with Gasteiger partial charge in [-0.15, -0.1) is 5.10 Å². The number of nitrogens with one attached hydrogen (secondary N) is 2. The largest absolute Gasteiger partial charge is 0.346 e. The Balaban J connectivity index is 1.36. The Bertz CT molecular complexity index is 677. The molecule has 1 aromatic carbocycles. The van der Waals surface area contributed by atoms with Gasteiger partial charge in [0.2, 0.25) is 5.82 Å². The molecule has 2 aliphatic rings. The van der Waals surface area contributed by atoms with Crippen LogP contribution in [0.4, 0.5) is 0 Å². The highest BCUT2D eigenvalue weighted by Crippen LogP contribution is 2.40. The van der Waals surface area contributed by atoms with E-state index in [1.807, 2.05) is 22.9 Å². The van der Waals surface area contributed by atoms with Crippen LogP contribution < -0.4 is 10.6 Å². The first-order valence-electron chi connectivity index (χ1n) is 8.29. The summed E-state index contributed by atoms with van der Waals surface area (Å²) in [7, 11) is 0. The highest BCUT2D eigenvalue weighted by atomic mass is 16.2. The lowest BCUT2D eigenvalue weighted by Gasteiger charge is -2.22. The smallest absolute Gasteiger partial charge is 0.291 e. The van der Waals surface area contributed by atoms with Gasteiger partial charge in [-0.25, -0.2) is 9.67 Å². The molecule has 1 saturated heterocycles. The van der Waals surface area contributed by atoms with Crippen molar-refractivity contribution in [3.05, 3.63) is 48.0 Å². The molecule has 0 unspecified atom stereocenters. The number of nitrogens with zero attached hydrogens (tertiary/aromatic N) is 3. The van der Waals surface area contributed by atoms with Crippen LogP contribution in [0.25, 0.3) is 0 Å². The summed E-state index contributed by atoms with van der Waals surface area (Å²) < 4.78 is 1.82. The van der Waals surface area contributed by atoms with Gasteiger partial charge in [-0.1, -0.05) is 30.3 Å². The second kappa shape index (κ2) is 6.12. The van der Waals surface area contributed by atoms with Crippen molar-refractivity contribution >= 4 is 5.91 Å². The molecule has 4 rings (SSSR count). The summed E-state index contributed by atoms with van der Waals surface area (Å²) in [5.74, 6) is 0.523. The Labute approximate surface area is 135 Å². The van der Waals surface area contributed by atoms with Crippen molar-refractivity contribution in [3.63, 3.8) is 0 Å². The summed E-state index contributed by atoms with van der Waals surface area (Å²) in [4.78, 5) is 16.5. The SMILES string of the molecule is O=C(N[C@@H]1C[C@H]1c1ccccc1)c1ncn([C@@H]2CCCNC2)n1. The number of aromatic nitrogens is 3. The van der Waals surface area contributed by atoms with Crippen LogP contribution in [-0.2, 0) is 0 Å². The molecule has 6 heteroatoms. The second-order valence-electron chi connectivity index (χ2n) is 6.38. The number of carbonyl (C=O) groups excluding carboxylic acids is 1. The van der Waals surface area contributed by atoms with E-state index in [9.17, 15) is 4.79 Å². The maximum atomic E-state index is 12.3. The van der Waals surface area contributed by atoms with E-state index in [1.165, 1.54) is 5.56 Å². The number of piperidine rings is 1. The lowest BCUT2D eigenvalue weighted by Crippen LogP contribution is -2.32. The molecule has 0 bridgehead atoms. The van der Waals surface area contributed by atoms with Crippen molar-refractivity contribution in [2.24, 2.45) is 0 Å². The van der Waals surface area contributed by atoms with E-state index in [2.05, 4.69) is 32.8 Å². The first-order chi connectivity index (χ1) is 11.3. The minimum absolute atomic E-state index is 0.170. The highest BCUT2D eigenvalue weighted by molar-refractivity contribution is 5.90. The Morgan fingerprint density at radius 2 is 2.17 bits per heavy atom. The van der Waals surface area contributed by atoms with Crippen LogP contribution in [0.15, 0.2) is 36.7 Å². The van der Waals surface area contributed by atoms with E-state index in [0.29, 0.717) is 12.0 Å². The first kappa shape index (κ1) is 14.4. The number of hydrogen-bond donors (Lipinski definition) is 2. The van der Waals surface area contributed by atoms with Gasteiger partial charge in [-0.05, 0) is 31.4 Å². The maximum Gasteiger partial charge on any atom is 0.291 e. The van der Waals surface area contributed by atoms with E-state index in [4.69, 9.17) is 0 Å². The Hall–Kier alpha value is -2.21. The predicted molar refractivity (Wildman–Crippen MR) is 86.2 cm³/mol. The standard InChI is InChI=1S/C17H21N5O/c23-17(20-15-9-14(15)12-5-2-1-3-6-12)16-19-11-22(21-16)13-7-4-8-18-10-13/h1-3,5-6,11,13-15,18H,4,7-10H2,(H,20,23)/t13-,14+,15-/m1/s1. The van der Waals surface area contributed by atoms with Crippen molar-refractivity contribution in [1.29, 1.82) is 0 Å². The van der Waals surface area contributed by atoms with Crippen LogP contribution in [0.3, 0.4) is 0 Å². The van der Waals surface area contributed by atoms with E-state index < -0.39 is 0 Å². The Kier molecular flexibility index (Phi) is 3.83. The van der Waals surface area contributed by atoms with Gasteiger partial charge in [0.1, 0.15) is 6.33 Å². The molecular weight excluding hydrogens is 290 g/mol. The van der Waals surface area contributed by atoms with Crippen LogP contribution >= 0.6 is 0 Å². The minimum atomic E-state index is -0.170. The fraction of sp³-hybridized carbons (Fsp3) is 0.471. The summed E-state index contributed by atoms with van der Waals surface area (Å²) in [5, 5.41) is 10.8. The van der Waals surface area contributed by atoms with E-state index in [1.54, 1.807) is 6.33 Å². The van der Waals surface area contributed by atoms with Gasteiger partial charge in [0.15, 0.2) is 0 Å². The van der Waals surface area contributed by atoms with Gasteiger partial charge >= 0.3 is 0 Å². The quantitative estimate of drug-likeness (QED) is 0.897. The number of benzene rings is 1. The Morgan fingerprint density at radius 1 is 1.30 bits per heavy atom. The summed E-state index contributed by atoms with van der Waals surface area (Å²) in [6.45, 7) is 1.95. The van der Waals surface area contributed by atoms with Crippen LogP contribution in [0.2, 0.25) is 0 Å². The number of hydrogen-bond acceptors (Lipinski definition) is 4. The molecule has 1 aliphatic heterocycles. The molecule has 0 radical (unpaired) electrons. The van der Waals surface area contributed by atoms with Gasteiger partial charge in [0.25, 0.3) is 5.91 Å². The van der Waals surface area contributed by atoms with Gasteiger partial charge in [-0.3, -0.25) is 4.79 Å². The van der Waals surface area contributed by atoms with Crippen molar-refractivity contribution in [2.45, 2.75) is 37.3 Å². The summed E-state index contributed by atoms with van der Waals surface area (Å²) >= 11 is 0. The highest BCUT2D eigenvalue weighted by Gasteiger charge is 2.40. The van der Waals surface area contributed by atoms with Crippen molar-refractivity contribution < 1.29 is 4.79 Å². The van der Waals surface area contributed by atoms with Gasteiger partial charge in [0.05, 0.1) is 6.04 Å². The molecule has 120 valence electrons. The first-order valence-corrected chi connectivity index (χ1v) is 8.29. The van der Waals surface area contributed by atoms with Crippen molar-refractivity contribution in [1.82, 2.24) is 25.4 Å². The molecule has 2 N–H and O–H groups in total. The van der Waals surface area contributed by atoms with Crippen LogP contribution in [-0.4, -0.2) is 39.8 Å². The third-order valence-corrected chi connectivity index (χ3v) is 4.69. The fourth-order valence-corrected chi connectivity index (χ4v) is 3.27. The second-order valence-corrected chi connectivity index (χ2v) is 6.38. The summed E-state index contributed by atoms with van der Waals surface area (Å²) in [5.41, 5.74) is 1.28. The molecule has 23 heavy (non-hydrogen) atoms. The van der Waals surface area contributed by atoms with Crippen LogP contribution in [0, 0.1) is 0 Å². The van der Waals surface area contributed by atoms with Gasteiger partial charge in [-0.2, -0.15) is 0 Å². The zero-order valence-corrected chi connectivity index (χ0v) is 13.0. The molecular formula is C17H21N5O. The molecule has 2 fully saturated rings. The topological polar surface area (TPSA) is 71.8 Å². The maximum absolute atomic E-state index is 12.3. The van der Waals surface area contributed by atoms with E-state index >= 15 is 0 Å². The lowest BCUT2D eigenvalue weighted by molar-refractivity contribution is 0.0939. The van der Waals surface area contributed by atoms with Crippen LogP contribution in [0.1, 0.15) is 47.4 Å². The molecule has 1 saturated carbocycles. The lowest BCUT2D eigenvalue weighted by atomic mass is 10.1. The zero-order valence-electron chi connectivity index (χ0n) is 13.0. The number of amides is 1. The molecule has 1 amide bonds.